The molecule has 0 saturated heterocycles. The first kappa shape index (κ1) is 24.0. The van der Waals surface area contributed by atoms with Crippen molar-refractivity contribution in [1.29, 1.82) is 0 Å². The van der Waals surface area contributed by atoms with Crippen molar-refractivity contribution < 1.29 is 14.3 Å². The lowest BCUT2D eigenvalue weighted by atomic mass is 10.0. The number of ether oxygens (including phenoxy) is 1. The zero-order valence-electron chi connectivity index (χ0n) is 18.4. The number of carbonyl (C=O) groups is 2. The number of amides is 2. The molecule has 0 spiro atoms. The van der Waals surface area contributed by atoms with Crippen molar-refractivity contribution in [2.45, 2.75) is 66.6 Å². The molecule has 0 aliphatic carbocycles. The fourth-order valence-electron chi connectivity index (χ4n) is 3.16. The average molecular weight is 392 g/mol. The van der Waals surface area contributed by atoms with E-state index in [1.165, 1.54) is 0 Å². The second kappa shape index (κ2) is 11.7. The highest BCUT2D eigenvalue weighted by Gasteiger charge is 2.25. The number of rotatable bonds is 11. The summed E-state index contributed by atoms with van der Waals surface area (Å²) in [6.45, 7) is 16.3. The summed E-state index contributed by atoms with van der Waals surface area (Å²) in [5, 5.41) is 5.83. The van der Waals surface area contributed by atoms with Gasteiger partial charge in [-0.05, 0) is 64.8 Å². The standard InChI is InChI=1S/C22H37N3O3/c1-8-28-19-11-9-18(10-12-19)21(26)24-20(15(2)3)22(27)23-13-14-25(16(4)5)17(6)7/h9-12,15-17,20H,8,13-14H2,1-7H3,(H,23,27)(H,24,26)/t20-/m1/s1. The lowest BCUT2D eigenvalue weighted by molar-refractivity contribution is -0.124. The van der Waals surface area contributed by atoms with Crippen LogP contribution in [0.25, 0.3) is 0 Å². The van der Waals surface area contributed by atoms with Crippen molar-refractivity contribution in [3.63, 3.8) is 0 Å². The Morgan fingerprint density at radius 1 is 1.00 bits per heavy atom. The van der Waals surface area contributed by atoms with E-state index in [4.69, 9.17) is 4.74 Å². The Kier molecular flexibility index (Phi) is 10.0. The van der Waals surface area contributed by atoms with Crippen LogP contribution in [0.2, 0.25) is 0 Å². The van der Waals surface area contributed by atoms with E-state index < -0.39 is 6.04 Å². The van der Waals surface area contributed by atoms with Crippen LogP contribution in [0.4, 0.5) is 0 Å². The minimum absolute atomic E-state index is 0.0158. The summed E-state index contributed by atoms with van der Waals surface area (Å²) in [5.41, 5.74) is 0.507. The van der Waals surface area contributed by atoms with Gasteiger partial charge in [0.2, 0.25) is 5.91 Å². The molecular weight excluding hydrogens is 354 g/mol. The molecule has 6 heteroatoms. The zero-order valence-corrected chi connectivity index (χ0v) is 18.4. The minimum atomic E-state index is -0.578. The molecule has 0 fully saturated rings. The predicted octanol–water partition coefficient (Wildman–Crippen LogP) is 3.07. The molecule has 0 saturated carbocycles. The van der Waals surface area contributed by atoms with Gasteiger partial charge < -0.3 is 15.4 Å². The Hall–Kier alpha value is -2.08. The Balaban J connectivity index is 2.66. The molecule has 2 N–H and O–H groups in total. The van der Waals surface area contributed by atoms with Crippen molar-refractivity contribution in [1.82, 2.24) is 15.5 Å². The van der Waals surface area contributed by atoms with Gasteiger partial charge in [-0.15, -0.1) is 0 Å². The highest BCUT2D eigenvalue weighted by molar-refractivity contribution is 5.97. The van der Waals surface area contributed by atoms with E-state index >= 15 is 0 Å². The number of carbonyl (C=O) groups excluding carboxylic acids is 2. The third kappa shape index (κ3) is 7.50. The lowest BCUT2D eigenvalue weighted by Gasteiger charge is -2.31. The molecule has 1 atom stereocenters. The van der Waals surface area contributed by atoms with E-state index in [2.05, 4.69) is 43.2 Å². The average Bonchev–Trinajstić information content (AvgIpc) is 2.62. The quantitative estimate of drug-likeness (QED) is 0.608. The van der Waals surface area contributed by atoms with E-state index in [-0.39, 0.29) is 17.7 Å². The largest absolute Gasteiger partial charge is 0.494 e. The number of hydrogen-bond donors (Lipinski definition) is 2. The van der Waals surface area contributed by atoms with Crippen molar-refractivity contribution in [2.75, 3.05) is 19.7 Å². The highest BCUT2D eigenvalue weighted by Crippen LogP contribution is 2.13. The number of nitrogens with one attached hydrogen (secondary N) is 2. The van der Waals surface area contributed by atoms with Crippen LogP contribution in [-0.4, -0.2) is 54.5 Å². The summed E-state index contributed by atoms with van der Waals surface area (Å²) in [4.78, 5) is 27.5. The maximum absolute atomic E-state index is 12.6. The van der Waals surface area contributed by atoms with Gasteiger partial charge in [0.1, 0.15) is 11.8 Å². The molecule has 1 aromatic carbocycles. The first-order valence-corrected chi connectivity index (χ1v) is 10.2. The van der Waals surface area contributed by atoms with Gasteiger partial charge in [0.25, 0.3) is 5.91 Å². The second-order valence-corrected chi connectivity index (χ2v) is 7.87. The molecule has 158 valence electrons. The molecule has 0 aromatic heterocycles. The molecule has 0 unspecified atom stereocenters. The number of hydrogen-bond acceptors (Lipinski definition) is 4. The van der Waals surface area contributed by atoms with Gasteiger partial charge in [0.15, 0.2) is 0 Å². The van der Waals surface area contributed by atoms with E-state index in [0.717, 1.165) is 12.3 Å². The van der Waals surface area contributed by atoms with Crippen LogP contribution in [0.3, 0.4) is 0 Å². The van der Waals surface area contributed by atoms with Gasteiger partial charge in [0, 0.05) is 30.7 Å². The molecule has 1 rings (SSSR count). The molecule has 0 aliphatic heterocycles. The molecular formula is C22H37N3O3. The fraction of sp³-hybridized carbons (Fsp3) is 0.636. The number of nitrogens with zero attached hydrogens (tertiary/aromatic N) is 1. The van der Waals surface area contributed by atoms with E-state index in [1.54, 1.807) is 24.3 Å². The first-order chi connectivity index (χ1) is 13.2. The third-order valence-corrected chi connectivity index (χ3v) is 4.66. The smallest absolute Gasteiger partial charge is 0.251 e. The molecule has 0 bridgehead atoms. The van der Waals surface area contributed by atoms with Gasteiger partial charge in [-0.3, -0.25) is 14.5 Å². The topological polar surface area (TPSA) is 70.7 Å². The van der Waals surface area contributed by atoms with Gasteiger partial charge in [-0.25, -0.2) is 0 Å². The highest BCUT2D eigenvalue weighted by atomic mass is 16.5. The normalized spacial score (nSPS) is 12.5. The summed E-state index contributed by atoms with van der Waals surface area (Å²) in [5.74, 6) is 0.291. The molecule has 1 aromatic rings. The van der Waals surface area contributed by atoms with Gasteiger partial charge in [0.05, 0.1) is 6.61 Å². The van der Waals surface area contributed by atoms with E-state index in [9.17, 15) is 9.59 Å². The SMILES string of the molecule is CCOc1ccc(C(=O)N[C@@H](C(=O)NCCN(C(C)C)C(C)C)C(C)C)cc1. The molecule has 6 nitrogen and oxygen atoms in total. The number of benzene rings is 1. The van der Waals surface area contributed by atoms with E-state index in [0.29, 0.717) is 30.8 Å². The van der Waals surface area contributed by atoms with Gasteiger partial charge in [-0.1, -0.05) is 13.8 Å². The summed E-state index contributed by atoms with van der Waals surface area (Å²) in [6.07, 6.45) is 0. The maximum atomic E-state index is 12.6. The minimum Gasteiger partial charge on any atom is -0.494 e. The molecule has 0 aliphatic rings. The van der Waals surface area contributed by atoms with Crippen LogP contribution in [0.1, 0.15) is 58.8 Å². The first-order valence-electron chi connectivity index (χ1n) is 10.2. The zero-order chi connectivity index (χ0) is 21.3. The maximum Gasteiger partial charge on any atom is 0.251 e. The monoisotopic (exact) mass is 391 g/mol. The Morgan fingerprint density at radius 3 is 2.04 bits per heavy atom. The fourth-order valence-corrected chi connectivity index (χ4v) is 3.16. The van der Waals surface area contributed by atoms with Crippen molar-refractivity contribution >= 4 is 11.8 Å². The van der Waals surface area contributed by atoms with Crippen LogP contribution in [0.15, 0.2) is 24.3 Å². The van der Waals surface area contributed by atoms with Crippen LogP contribution in [0, 0.1) is 5.92 Å². The van der Waals surface area contributed by atoms with Gasteiger partial charge in [-0.2, -0.15) is 0 Å². The Bertz CT molecular complexity index is 604. The van der Waals surface area contributed by atoms with Crippen LogP contribution < -0.4 is 15.4 Å². The van der Waals surface area contributed by atoms with Crippen LogP contribution >= 0.6 is 0 Å². The molecule has 0 heterocycles. The predicted molar refractivity (Wildman–Crippen MR) is 114 cm³/mol. The molecule has 2 amide bonds. The summed E-state index contributed by atoms with van der Waals surface area (Å²) in [6, 6.07) is 7.18. The van der Waals surface area contributed by atoms with Crippen molar-refractivity contribution in [2.24, 2.45) is 5.92 Å². The molecule has 28 heavy (non-hydrogen) atoms. The summed E-state index contributed by atoms with van der Waals surface area (Å²) < 4.78 is 5.40. The van der Waals surface area contributed by atoms with Crippen molar-refractivity contribution in [3.8, 4) is 5.75 Å². The van der Waals surface area contributed by atoms with E-state index in [1.807, 2.05) is 20.8 Å². The summed E-state index contributed by atoms with van der Waals surface area (Å²) in [7, 11) is 0. The lowest BCUT2D eigenvalue weighted by Crippen LogP contribution is -2.51. The van der Waals surface area contributed by atoms with Crippen LogP contribution in [0.5, 0.6) is 5.75 Å². The third-order valence-electron chi connectivity index (χ3n) is 4.66. The van der Waals surface area contributed by atoms with Gasteiger partial charge >= 0.3 is 0 Å². The Labute approximate surface area is 170 Å². The van der Waals surface area contributed by atoms with Crippen molar-refractivity contribution in [3.05, 3.63) is 29.8 Å². The second-order valence-electron chi connectivity index (χ2n) is 7.87. The molecule has 0 radical (unpaired) electrons. The Morgan fingerprint density at radius 2 is 1.57 bits per heavy atom. The summed E-state index contributed by atoms with van der Waals surface area (Å²) >= 11 is 0. The van der Waals surface area contributed by atoms with Crippen LogP contribution in [-0.2, 0) is 4.79 Å².